The maximum atomic E-state index is 13.1. The molecule has 2 rings (SSSR count). The Hall–Kier alpha value is -2.27. The minimum atomic E-state index is -0.410. The number of unbranched alkanes of at least 4 members (excludes halogenated alkanes) is 1. The molecule has 0 bridgehead atoms. The predicted molar refractivity (Wildman–Crippen MR) is 131 cm³/mol. The number of amides is 2. The molecule has 0 radical (unpaired) electrons. The first-order valence-corrected chi connectivity index (χ1v) is 12.5. The molecule has 0 fully saturated rings. The highest BCUT2D eigenvalue weighted by Crippen LogP contribution is 2.16. The SMILES string of the molecule is CCCCNC(=O)[C@H](CC)N(CCc1ccccc1)C(=O)CCSCc1ccccc1. The molecule has 0 spiro atoms. The quantitative estimate of drug-likeness (QED) is 0.417. The second-order valence-electron chi connectivity index (χ2n) is 7.68. The molecule has 0 saturated heterocycles. The second kappa shape index (κ2) is 14.7. The number of nitrogens with one attached hydrogen (secondary N) is 1. The van der Waals surface area contributed by atoms with Crippen LogP contribution in [0.15, 0.2) is 60.7 Å². The van der Waals surface area contributed by atoms with Crippen molar-refractivity contribution in [3.05, 3.63) is 71.8 Å². The number of carbonyl (C=O) groups excluding carboxylic acids is 2. The summed E-state index contributed by atoms with van der Waals surface area (Å²) in [5.41, 5.74) is 2.45. The zero-order chi connectivity index (χ0) is 22.3. The molecule has 0 aliphatic heterocycles. The van der Waals surface area contributed by atoms with Crippen molar-refractivity contribution < 1.29 is 9.59 Å². The van der Waals surface area contributed by atoms with Crippen LogP contribution in [0.25, 0.3) is 0 Å². The highest BCUT2D eigenvalue weighted by molar-refractivity contribution is 7.98. The van der Waals surface area contributed by atoms with E-state index in [9.17, 15) is 9.59 Å². The summed E-state index contributed by atoms with van der Waals surface area (Å²) in [4.78, 5) is 27.8. The van der Waals surface area contributed by atoms with Crippen molar-refractivity contribution >= 4 is 23.6 Å². The van der Waals surface area contributed by atoms with Gasteiger partial charge in [-0.05, 0) is 30.4 Å². The van der Waals surface area contributed by atoms with Crippen molar-refractivity contribution in [3.63, 3.8) is 0 Å². The number of nitrogens with zero attached hydrogens (tertiary/aromatic N) is 1. The molecule has 2 amide bonds. The number of hydrogen-bond donors (Lipinski definition) is 1. The van der Waals surface area contributed by atoms with Crippen molar-refractivity contribution in [1.29, 1.82) is 0 Å². The second-order valence-corrected chi connectivity index (χ2v) is 8.78. The first-order valence-electron chi connectivity index (χ1n) is 11.4. The first kappa shape index (κ1) is 25.0. The molecule has 0 heterocycles. The molecule has 1 atom stereocenters. The lowest BCUT2D eigenvalue weighted by molar-refractivity contribution is -0.140. The van der Waals surface area contributed by atoms with Crippen LogP contribution in [0.5, 0.6) is 0 Å². The Bertz CT molecular complexity index is 767. The molecular weight excluding hydrogens is 404 g/mol. The van der Waals surface area contributed by atoms with Gasteiger partial charge in [0.05, 0.1) is 0 Å². The van der Waals surface area contributed by atoms with Gasteiger partial charge in [0, 0.05) is 31.0 Å². The van der Waals surface area contributed by atoms with Gasteiger partial charge in [0.1, 0.15) is 6.04 Å². The maximum absolute atomic E-state index is 13.1. The Labute approximate surface area is 191 Å². The van der Waals surface area contributed by atoms with Gasteiger partial charge in [0.2, 0.25) is 11.8 Å². The molecule has 0 aromatic heterocycles. The van der Waals surface area contributed by atoms with Crippen LogP contribution < -0.4 is 5.32 Å². The van der Waals surface area contributed by atoms with E-state index in [4.69, 9.17) is 0 Å². The summed E-state index contributed by atoms with van der Waals surface area (Å²) in [6, 6.07) is 20.0. The molecule has 2 aromatic carbocycles. The summed E-state index contributed by atoms with van der Waals surface area (Å²) in [5.74, 6) is 1.68. The third kappa shape index (κ3) is 9.18. The van der Waals surface area contributed by atoms with Gasteiger partial charge in [-0.25, -0.2) is 0 Å². The topological polar surface area (TPSA) is 49.4 Å². The Morgan fingerprint density at radius 2 is 1.61 bits per heavy atom. The minimum Gasteiger partial charge on any atom is -0.354 e. The Morgan fingerprint density at radius 3 is 2.23 bits per heavy atom. The van der Waals surface area contributed by atoms with E-state index < -0.39 is 6.04 Å². The number of thioether (sulfide) groups is 1. The molecule has 0 aliphatic carbocycles. The van der Waals surface area contributed by atoms with Crippen molar-refractivity contribution in [1.82, 2.24) is 10.2 Å². The zero-order valence-corrected chi connectivity index (χ0v) is 19.7. The van der Waals surface area contributed by atoms with Crippen LogP contribution in [0.4, 0.5) is 0 Å². The lowest BCUT2D eigenvalue weighted by Crippen LogP contribution is -2.50. The highest BCUT2D eigenvalue weighted by atomic mass is 32.2. The van der Waals surface area contributed by atoms with Crippen LogP contribution in [0.2, 0.25) is 0 Å². The average Bonchev–Trinajstić information content (AvgIpc) is 2.80. The van der Waals surface area contributed by atoms with Crippen molar-refractivity contribution in [2.45, 2.75) is 57.7 Å². The van der Waals surface area contributed by atoms with Crippen molar-refractivity contribution in [2.75, 3.05) is 18.8 Å². The summed E-state index contributed by atoms with van der Waals surface area (Å²) in [6.07, 6.45) is 3.81. The summed E-state index contributed by atoms with van der Waals surface area (Å²) < 4.78 is 0. The molecular formula is C26H36N2O2S. The Balaban J connectivity index is 1.96. The number of carbonyl (C=O) groups is 2. The van der Waals surface area contributed by atoms with Crippen LogP contribution in [0.1, 0.15) is 50.7 Å². The van der Waals surface area contributed by atoms with Gasteiger partial charge in [-0.3, -0.25) is 9.59 Å². The van der Waals surface area contributed by atoms with Gasteiger partial charge in [-0.15, -0.1) is 0 Å². The van der Waals surface area contributed by atoms with E-state index in [-0.39, 0.29) is 11.8 Å². The normalized spacial score (nSPS) is 11.7. The van der Waals surface area contributed by atoms with Gasteiger partial charge in [-0.2, -0.15) is 11.8 Å². The maximum Gasteiger partial charge on any atom is 0.242 e. The molecule has 0 aliphatic rings. The van der Waals surface area contributed by atoms with Crippen LogP contribution in [0, 0.1) is 0 Å². The van der Waals surface area contributed by atoms with Crippen LogP contribution in [0.3, 0.4) is 0 Å². The lowest BCUT2D eigenvalue weighted by atomic mass is 10.1. The third-order valence-corrected chi connectivity index (χ3v) is 6.30. The highest BCUT2D eigenvalue weighted by Gasteiger charge is 2.27. The fourth-order valence-electron chi connectivity index (χ4n) is 3.47. The lowest BCUT2D eigenvalue weighted by Gasteiger charge is -2.30. The molecule has 168 valence electrons. The van der Waals surface area contributed by atoms with Crippen LogP contribution >= 0.6 is 11.8 Å². The molecule has 2 aromatic rings. The predicted octanol–water partition coefficient (Wildman–Crippen LogP) is 5.08. The van der Waals surface area contributed by atoms with Gasteiger partial charge in [0.25, 0.3) is 0 Å². The fourth-order valence-corrected chi connectivity index (χ4v) is 4.36. The standard InChI is InChI=1S/C26H36N2O2S/c1-3-5-18-27-26(30)24(4-2)28(19-16-22-12-8-6-9-13-22)25(29)17-20-31-21-23-14-10-7-11-15-23/h6-15,24H,3-5,16-21H2,1-2H3,(H,27,30)/t24-/m0/s1. The molecule has 31 heavy (non-hydrogen) atoms. The van der Waals surface area contributed by atoms with Crippen LogP contribution in [-0.2, 0) is 21.8 Å². The van der Waals surface area contributed by atoms with Gasteiger partial charge in [-0.1, -0.05) is 80.9 Å². The molecule has 0 saturated carbocycles. The number of rotatable bonds is 14. The Morgan fingerprint density at radius 1 is 0.968 bits per heavy atom. The summed E-state index contributed by atoms with van der Waals surface area (Å²) in [7, 11) is 0. The average molecular weight is 441 g/mol. The van der Waals surface area contributed by atoms with E-state index >= 15 is 0 Å². The van der Waals surface area contributed by atoms with Crippen LogP contribution in [-0.4, -0.2) is 41.6 Å². The first-order chi connectivity index (χ1) is 15.2. The summed E-state index contributed by atoms with van der Waals surface area (Å²) >= 11 is 1.76. The molecule has 4 nitrogen and oxygen atoms in total. The minimum absolute atomic E-state index is 0.0331. The molecule has 0 unspecified atom stereocenters. The Kier molecular flexibility index (Phi) is 11.8. The smallest absolute Gasteiger partial charge is 0.242 e. The number of benzene rings is 2. The van der Waals surface area contributed by atoms with Gasteiger partial charge in [0.15, 0.2) is 0 Å². The molecule has 5 heteroatoms. The van der Waals surface area contributed by atoms with E-state index in [0.717, 1.165) is 30.8 Å². The largest absolute Gasteiger partial charge is 0.354 e. The third-order valence-electron chi connectivity index (χ3n) is 5.27. The van der Waals surface area contributed by atoms with E-state index in [1.807, 2.05) is 43.3 Å². The van der Waals surface area contributed by atoms with Crippen molar-refractivity contribution in [2.24, 2.45) is 0 Å². The monoisotopic (exact) mass is 440 g/mol. The fraction of sp³-hybridized carbons (Fsp3) is 0.462. The van der Waals surface area contributed by atoms with E-state index in [0.29, 0.717) is 25.9 Å². The summed E-state index contributed by atoms with van der Waals surface area (Å²) in [6.45, 7) is 5.31. The van der Waals surface area contributed by atoms with Gasteiger partial charge >= 0.3 is 0 Å². The summed E-state index contributed by atoms with van der Waals surface area (Å²) in [5, 5.41) is 3.02. The van der Waals surface area contributed by atoms with Crippen molar-refractivity contribution in [3.8, 4) is 0 Å². The molecule has 1 N–H and O–H groups in total. The number of hydrogen-bond acceptors (Lipinski definition) is 3. The van der Waals surface area contributed by atoms with E-state index in [1.54, 1.807) is 16.7 Å². The van der Waals surface area contributed by atoms with Gasteiger partial charge < -0.3 is 10.2 Å². The zero-order valence-electron chi connectivity index (χ0n) is 18.9. The van der Waals surface area contributed by atoms with E-state index in [2.05, 4.69) is 36.5 Å². The van der Waals surface area contributed by atoms with E-state index in [1.165, 1.54) is 11.1 Å².